The lowest BCUT2D eigenvalue weighted by Gasteiger charge is -2.32. The molecule has 0 bridgehead atoms. The molecule has 1 aromatic carbocycles. The third-order valence-electron chi connectivity index (χ3n) is 3.23. The molecule has 0 aromatic heterocycles. The number of carbonyl (C=O) groups is 1. The average Bonchev–Trinajstić information content (AvgIpc) is 2.46. The van der Waals surface area contributed by atoms with Crippen LogP contribution in [0.5, 0.6) is 0 Å². The summed E-state index contributed by atoms with van der Waals surface area (Å²) in [5.74, 6) is -0.166. The lowest BCUT2D eigenvalue weighted by atomic mass is 10.0. The summed E-state index contributed by atoms with van der Waals surface area (Å²) < 4.78 is 10.2. The van der Waals surface area contributed by atoms with Crippen LogP contribution in [0.3, 0.4) is 0 Å². The van der Waals surface area contributed by atoms with Crippen molar-refractivity contribution in [3.05, 3.63) is 35.9 Å². The summed E-state index contributed by atoms with van der Waals surface area (Å²) >= 11 is 0. The summed E-state index contributed by atoms with van der Waals surface area (Å²) in [6, 6.07) is 9.82. The van der Waals surface area contributed by atoms with Crippen molar-refractivity contribution in [1.82, 2.24) is 4.90 Å². The zero-order valence-electron chi connectivity index (χ0n) is 10.7. The van der Waals surface area contributed by atoms with Gasteiger partial charge in [0, 0.05) is 13.1 Å². The number of hydrogen-bond donors (Lipinski definition) is 0. The molecule has 2 rings (SSSR count). The van der Waals surface area contributed by atoms with Gasteiger partial charge in [0.1, 0.15) is 6.04 Å². The van der Waals surface area contributed by atoms with Crippen molar-refractivity contribution in [2.24, 2.45) is 0 Å². The normalized spacial score (nSPS) is 18.3. The zero-order chi connectivity index (χ0) is 12.8. The fraction of sp³-hybridized carbons (Fsp3) is 0.500. The van der Waals surface area contributed by atoms with Crippen LogP contribution in [-0.4, -0.2) is 50.3 Å². The minimum atomic E-state index is -0.207. The van der Waals surface area contributed by atoms with Crippen LogP contribution in [0.2, 0.25) is 0 Å². The quantitative estimate of drug-likeness (QED) is 0.749. The van der Waals surface area contributed by atoms with E-state index in [0.29, 0.717) is 19.6 Å². The first-order valence-electron chi connectivity index (χ1n) is 6.25. The molecule has 4 heteroatoms. The SMILES string of the molecule is COC(=O)[C@H](Cc1ccccc1)N1CCOCC1. The van der Waals surface area contributed by atoms with E-state index in [0.717, 1.165) is 18.7 Å². The fourth-order valence-electron chi connectivity index (χ4n) is 2.22. The van der Waals surface area contributed by atoms with E-state index in [1.54, 1.807) is 0 Å². The molecule has 0 unspecified atom stereocenters. The number of benzene rings is 1. The van der Waals surface area contributed by atoms with Crippen LogP contribution in [0.4, 0.5) is 0 Å². The molecule has 1 fully saturated rings. The minimum absolute atomic E-state index is 0.166. The molecule has 1 saturated heterocycles. The van der Waals surface area contributed by atoms with E-state index in [1.165, 1.54) is 7.11 Å². The van der Waals surface area contributed by atoms with Crippen LogP contribution in [0.15, 0.2) is 30.3 Å². The van der Waals surface area contributed by atoms with Gasteiger partial charge >= 0.3 is 5.97 Å². The molecule has 4 nitrogen and oxygen atoms in total. The summed E-state index contributed by atoms with van der Waals surface area (Å²) in [7, 11) is 1.45. The molecule has 98 valence electrons. The molecule has 0 radical (unpaired) electrons. The van der Waals surface area contributed by atoms with E-state index >= 15 is 0 Å². The summed E-state index contributed by atoms with van der Waals surface area (Å²) in [6.07, 6.45) is 0.688. The van der Waals surface area contributed by atoms with Crippen LogP contribution in [-0.2, 0) is 20.7 Å². The number of morpholine rings is 1. The van der Waals surface area contributed by atoms with E-state index in [2.05, 4.69) is 4.90 Å². The first-order valence-corrected chi connectivity index (χ1v) is 6.25. The lowest BCUT2D eigenvalue weighted by molar-refractivity contribution is -0.148. The molecular weight excluding hydrogens is 230 g/mol. The monoisotopic (exact) mass is 249 g/mol. The van der Waals surface area contributed by atoms with Crippen molar-refractivity contribution in [2.75, 3.05) is 33.4 Å². The van der Waals surface area contributed by atoms with Gasteiger partial charge in [0.25, 0.3) is 0 Å². The maximum Gasteiger partial charge on any atom is 0.323 e. The van der Waals surface area contributed by atoms with Crippen molar-refractivity contribution < 1.29 is 14.3 Å². The maximum atomic E-state index is 11.9. The van der Waals surface area contributed by atoms with Crippen LogP contribution in [0, 0.1) is 0 Å². The molecule has 0 aliphatic carbocycles. The molecule has 0 spiro atoms. The molecule has 1 atom stereocenters. The Labute approximate surface area is 107 Å². The van der Waals surface area contributed by atoms with Gasteiger partial charge in [-0.25, -0.2) is 0 Å². The summed E-state index contributed by atoms with van der Waals surface area (Å²) in [5, 5.41) is 0. The Morgan fingerprint density at radius 3 is 2.61 bits per heavy atom. The Hall–Kier alpha value is -1.39. The number of ether oxygens (including phenoxy) is 2. The Morgan fingerprint density at radius 1 is 1.33 bits per heavy atom. The van der Waals surface area contributed by atoms with E-state index in [4.69, 9.17) is 9.47 Å². The van der Waals surface area contributed by atoms with Gasteiger partial charge in [-0.1, -0.05) is 30.3 Å². The van der Waals surface area contributed by atoms with Gasteiger partial charge in [-0.15, -0.1) is 0 Å². The van der Waals surface area contributed by atoms with Gasteiger partial charge in [-0.05, 0) is 12.0 Å². The van der Waals surface area contributed by atoms with Gasteiger partial charge in [-0.2, -0.15) is 0 Å². The molecular formula is C14H19NO3. The predicted octanol–water partition coefficient (Wildman–Crippen LogP) is 1.10. The second-order valence-electron chi connectivity index (χ2n) is 4.38. The second-order valence-corrected chi connectivity index (χ2v) is 4.38. The Morgan fingerprint density at radius 2 is 2.00 bits per heavy atom. The van der Waals surface area contributed by atoms with E-state index in [-0.39, 0.29) is 12.0 Å². The molecule has 0 saturated carbocycles. The second kappa shape index (κ2) is 6.52. The third kappa shape index (κ3) is 3.31. The van der Waals surface area contributed by atoms with Gasteiger partial charge in [0.05, 0.1) is 20.3 Å². The molecule has 1 aromatic rings. The van der Waals surface area contributed by atoms with Gasteiger partial charge in [0.2, 0.25) is 0 Å². The number of methoxy groups -OCH3 is 1. The Balaban J connectivity index is 2.07. The van der Waals surface area contributed by atoms with Crippen molar-refractivity contribution >= 4 is 5.97 Å². The number of hydrogen-bond acceptors (Lipinski definition) is 4. The highest BCUT2D eigenvalue weighted by atomic mass is 16.5. The molecule has 0 N–H and O–H groups in total. The van der Waals surface area contributed by atoms with Crippen molar-refractivity contribution in [1.29, 1.82) is 0 Å². The minimum Gasteiger partial charge on any atom is -0.468 e. The molecule has 1 aliphatic rings. The molecule has 0 amide bonds. The van der Waals surface area contributed by atoms with Gasteiger partial charge < -0.3 is 9.47 Å². The van der Waals surface area contributed by atoms with E-state index in [9.17, 15) is 4.79 Å². The topological polar surface area (TPSA) is 38.8 Å². The fourth-order valence-corrected chi connectivity index (χ4v) is 2.22. The Bertz CT molecular complexity index is 374. The van der Waals surface area contributed by atoms with Crippen LogP contribution in [0.1, 0.15) is 5.56 Å². The highest BCUT2D eigenvalue weighted by Crippen LogP contribution is 2.12. The first kappa shape index (κ1) is 13.1. The number of nitrogens with zero attached hydrogens (tertiary/aromatic N) is 1. The van der Waals surface area contributed by atoms with Crippen LogP contribution < -0.4 is 0 Å². The molecule has 18 heavy (non-hydrogen) atoms. The maximum absolute atomic E-state index is 11.9. The number of rotatable bonds is 4. The van der Waals surface area contributed by atoms with Crippen LogP contribution >= 0.6 is 0 Å². The largest absolute Gasteiger partial charge is 0.468 e. The first-order chi connectivity index (χ1) is 8.81. The molecule has 1 heterocycles. The van der Waals surface area contributed by atoms with Gasteiger partial charge in [0.15, 0.2) is 0 Å². The zero-order valence-corrected chi connectivity index (χ0v) is 10.7. The Kier molecular flexibility index (Phi) is 4.73. The number of esters is 1. The number of carbonyl (C=O) groups excluding carboxylic acids is 1. The summed E-state index contributed by atoms with van der Waals surface area (Å²) in [6.45, 7) is 2.93. The van der Waals surface area contributed by atoms with Crippen molar-refractivity contribution in [3.63, 3.8) is 0 Å². The van der Waals surface area contributed by atoms with Crippen molar-refractivity contribution in [3.8, 4) is 0 Å². The standard InChI is InChI=1S/C14H19NO3/c1-17-14(16)13(15-7-9-18-10-8-15)11-12-5-3-2-4-6-12/h2-6,13H,7-11H2,1H3/t13-/m0/s1. The highest BCUT2D eigenvalue weighted by Gasteiger charge is 2.28. The smallest absolute Gasteiger partial charge is 0.323 e. The summed E-state index contributed by atoms with van der Waals surface area (Å²) in [5.41, 5.74) is 1.15. The summed E-state index contributed by atoms with van der Waals surface area (Å²) in [4.78, 5) is 14.1. The lowest BCUT2D eigenvalue weighted by Crippen LogP contribution is -2.48. The van der Waals surface area contributed by atoms with Crippen molar-refractivity contribution in [2.45, 2.75) is 12.5 Å². The third-order valence-corrected chi connectivity index (χ3v) is 3.23. The van der Waals surface area contributed by atoms with E-state index in [1.807, 2.05) is 30.3 Å². The van der Waals surface area contributed by atoms with Gasteiger partial charge in [-0.3, -0.25) is 9.69 Å². The van der Waals surface area contributed by atoms with E-state index < -0.39 is 0 Å². The highest BCUT2D eigenvalue weighted by molar-refractivity contribution is 5.76. The predicted molar refractivity (Wildman–Crippen MR) is 68.3 cm³/mol. The molecule has 1 aliphatic heterocycles. The van der Waals surface area contributed by atoms with Crippen LogP contribution in [0.25, 0.3) is 0 Å². The average molecular weight is 249 g/mol.